The summed E-state index contributed by atoms with van der Waals surface area (Å²) in [7, 11) is 3.22. The number of hydrogen-bond acceptors (Lipinski definition) is 6. The molecule has 0 radical (unpaired) electrons. The molecule has 0 bridgehead atoms. The van der Waals surface area contributed by atoms with Crippen molar-refractivity contribution in [2.24, 2.45) is 4.99 Å². The lowest BCUT2D eigenvalue weighted by Crippen LogP contribution is -2.28. The van der Waals surface area contributed by atoms with Crippen LogP contribution in [-0.2, 0) is 11.4 Å². The fourth-order valence-electron chi connectivity index (χ4n) is 3.49. The Morgan fingerprint density at radius 2 is 1.78 bits per heavy atom. The second kappa shape index (κ2) is 12.2. The molecule has 9 heteroatoms. The van der Waals surface area contributed by atoms with Crippen molar-refractivity contribution in [3.8, 4) is 17.2 Å². The van der Waals surface area contributed by atoms with Crippen LogP contribution in [0.2, 0.25) is 0 Å². The molecule has 1 amide bonds. The molecule has 0 unspecified atom stereocenters. The number of benzene rings is 3. The highest BCUT2D eigenvalue weighted by Crippen LogP contribution is 2.40. The number of carbonyl (C=O) groups excluding carboxylic acids is 1. The first kappa shape index (κ1) is 26.6. The number of amides is 1. The average molecular weight is 679 g/mol. The van der Waals surface area contributed by atoms with Crippen molar-refractivity contribution in [2.75, 3.05) is 20.8 Å². The summed E-state index contributed by atoms with van der Waals surface area (Å²) in [5.74, 6) is 1.87. The fourth-order valence-corrected chi connectivity index (χ4v) is 5.48. The van der Waals surface area contributed by atoms with E-state index in [4.69, 9.17) is 14.2 Å². The molecule has 1 aliphatic heterocycles. The first-order chi connectivity index (χ1) is 17.4. The summed E-state index contributed by atoms with van der Waals surface area (Å²) in [4.78, 5) is 20.0. The molecule has 0 saturated carbocycles. The van der Waals surface area contributed by atoms with Gasteiger partial charge in [-0.25, -0.2) is 4.99 Å². The fraction of sp³-hybridized carbons (Fsp3) is 0.185. The van der Waals surface area contributed by atoms with Gasteiger partial charge in [0.2, 0.25) is 0 Å². The SMILES string of the molecule is CCN1C(=O)/C(=C\c2cc(Br)c(OCc3ccc(I)cc3)c(OC)c2)SC1=Nc1ccc(OC)cc1. The normalized spacial score (nSPS) is 15.6. The zero-order valence-electron chi connectivity index (χ0n) is 20.0. The molecule has 186 valence electrons. The van der Waals surface area contributed by atoms with Crippen LogP contribution in [0.4, 0.5) is 5.69 Å². The number of nitrogens with zero attached hydrogens (tertiary/aromatic N) is 2. The summed E-state index contributed by atoms with van der Waals surface area (Å²) in [6, 6.07) is 19.4. The summed E-state index contributed by atoms with van der Waals surface area (Å²) in [6.07, 6.45) is 1.85. The third-order valence-corrected chi connectivity index (χ3v) is 7.66. The van der Waals surface area contributed by atoms with E-state index in [1.54, 1.807) is 19.1 Å². The maximum absolute atomic E-state index is 13.1. The molecule has 6 nitrogen and oxygen atoms in total. The van der Waals surface area contributed by atoms with E-state index in [1.807, 2.05) is 73.7 Å². The monoisotopic (exact) mass is 678 g/mol. The minimum Gasteiger partial charge on any atom is -0.497 e. The van der Waals surface area contributed by atoms with Gasteiger partial charge in [-0.2, -0.15) is 0 Å². The molecule has 36 heavy (non-hydrogen) atoms. The standard InChI is InChI=1S/C27H24BrIN2O4S/c1-4-31-26(32)24(36-27(31)30-20-9-11-21(33-2)12-10-20)15-18-13-22(28)25(23(14-18)34-3)35-16-17-5-7-19(29)8-6-17/h5-15H,4,16H2,1-3H3/b24-15+,30-27?. The predicted molar refractivity (Wildman–Crippen MR) is 157 cm³/mol. The molecule has 1 saturated heterocycles. The van der Waals surface area contributed by atoms with E-state index < -0.39 is 0 Å². The zero-order valence-corrected chi connectivity index (χ0v) is 24.5. The Bertz CT molecular complexity index is 1310. The Labute approximate surface area is 237 Å². The maximum atomic E-state index is 13.1. The average Bonchev–Trinajstić information content (AvgIpc) is 3.17. The number of rotatable bonds is 8. The van der Waals surface area contributed by atoms with Crippen LogP contribution in [-0.4, -0.2) is 36.7 Å². The second-order valence-electron chi connectivity index (χ2n) is 7.70. The Balaban J connectivity index is 1.57. The number of likely N-dealkylation sites (N-methyl/N-ethyl adjacent to an activating group) is 1. The molecular weight excluding hydrogens is 655 g/mol. The summed E-state index contributed by atoms with van der Waals surface area (Å²) >= 11 is 7.24. The van der Waals surface area contributed by atoms with Gasteiger partial charge in [-0.1, -0.05) is 12.1 Å². The molecule has 4 rings (SSSR count). The number of aliphatic imine (C=N–C) groups is 1. The number of amidine groups is 1. The Kier molecular flexibility index (Phi) is 8.97. The highest BCUT2D eigenvalue weighted by molar-refractivity contribution is 14.1. The van der Waals surface area contributed by atoms with Crippen LogP contribution in [0.25, 0.3) is 6.08 Å². The van der Waals surface area contributed by atoms with Crippen molar-refractivity contribution in [3.63, 3.8) is 0 Å². The van der Waals surface area contributed by atoms with Crippen molar-refractivity contribution >= 4 is 73.1 Å². The van der Waals surface area contributed by atoms with Crippen molar-refractivity contribution < 1.29 is 19.0 Å². The minimum absolute atomic E-state index is 0.0797. The van der Waals surface area contributed by atoms with E-state index in [0.29, 0.717) is 34.7 Å². The Morgan fingerprint density at radius 3 is 2.42 bits per heavy atom. The third kappa shape index (κ3) is 6.24. The molecule has 0 spiro atoms. The van der Waals surface area contributed by atoms with Crippen molar-refractivity contribution in [3.05, 3.63) is 84.7 Å². The first-order valence-electron chi connectivity index (χ1n) is 11.1. The van der Waals surface area contributed by atoms with Crippen molar-refractivity contribution in [1.82, 2.24) is 4.90 Å². The number of halogens is 2. The van der Waals surface area contributed by atoms with Crippen LogP contribution in [0.5, 0.6) is 17.2 Å². The van der Waals surface area contributed by atoms with Crippen LogP contribution in [0.3, 0.4) is 0 Å². The third-order valence-electron chi connectivity index (χ3n) is 5.35. The maximum Gasteiger partial charge on any atom is 0.266 e. The van der Waals surface area contributed by atoms with E-state index >= 15 is 0 Å². The number of hydrogen-bond donors (Lipinski definition) is 0. The van der Waals surface area contributed by atoms with Gasteiger partial charge >= 0.3 is 0 Å². The van der Waals surface area contributed by atoms with Gasteiger partial charge in [0.05, 0.1) is 29.3 Å². The highest BCUT2D eigenvalue weighted by atomic mass is 127. The topological polar surface area (TPSA) is 60.4 Å². The van der Waals surface area contributed by atoms with Gasteiger partial charge in [0, 0.05) is 10.1 Å². The largest absolute Gasteiger partial charge is 0.497 e. The predicted octanol–water partition coefficient (Wildman–Crippen LogP) is 7.27. The highest BCUT2D eigenvalue weighted by Gasteiger charge is 2.32. The summed E-state index contributed by atoms with van der Waals surface area (Å²) in [6.45, 7) is 2.87. The molecule has 1 fully saturated rings. The zero-order chi connectivity index (χ0) is 25.7. The molecule has 0 N–H and O–H groups in total. The van der Waals surface area contributed by atoms with Crippen LogP contribution in [0, 0.1) is 3.57 Å². The Hall–Kier alpha value is -2.50. The number of methoxy groups -OCH3 is 2. The molecule has 0 atom stereocenters. The van der Waals surface area contributed by atoms with E-state index in [2.05, 4.69) is 43.5 Å². The summed E-state index contributed by atoms with van der Waals surface area (Å²) in [5, 5.41) is 0.641. The Morgan fingerprint density at radius 1 is 1.06 bits per heavy atom. The van der Waals surface area contributed by atoms with E-state index in [1.165, 1.54) is 15.3 Å². The molecule has 3 aromatic rings. The number of thioether (sulfide) groups is 1. The smallest absolute Gasteiger partial charge is 0.266 e. The van der Waals surface area contributed by atoms with Crippen molar-refractivity contribution in [2.45, 2.75) is 13.5 Å². The van der Waals surface area contributed by atoms with Gasteiger partial charge in [-0.3, -0.25) is 9.69 Å². The molecule has 1 heterocycles. The van der Waals surface area contributed by atoms with E-state index in [-0.39, 0.29) is 5.91 Å². The second-order valence-corrected chi connectivity index (χ2v) is 10.8. The lowest BCUT2D eigenvalue weighted by atomic mass is 10.1. The van der Waals surface area contributed by atoms with Crippen LogP contribution >= 0.6 is 50.3 Å². The summed E-state index contributed by atoms with van der Waals surface area (Å²) in [5.41, 5.74) is 2.63. The van der Waals surface area contributed by atoms with Gasteiger partial charge in [0.25, 0.3) is 5.91 Å². The first-order valence-corrected chi connectivity index (χ1v) is 13.8. The molecular formula is C27H24BrIN2O4S. The molecule has 3 aromatic carbocycles. The van der Waals surface area contributed by atoms with E-state index in [9.17, 15) is 4.79 Å². The van der Waals surface area contributed by atoms with Gasteiger partial charge in [0.15, 0.2) is 16.7 Å². The van der Waals surface area contributed by atoms with Gasteiger partial charge in [0.1, 0.15) is 12.4 Å². The lowest BCUT2D eigenvalue weighted by Gasteiger charge is -2.14. The van der Waals surface area contributed by atoms with Gasteiger partial charge in [-0.05, 0) is 123 Å². The van der Waals surface area contributed by atoms with Crippen LogP contribution in [0.1, 0.15) is 18.1 Å². The van der Waals surface area contributed by atoms with Crippen LogP contribution in [0.15, 0.2) is 75.0 Å². The van der Waals surface area contributed by atoms with E-state index in [0.717, 1.165) is 27.0 Å². The molecule has 0 aliphatic carbocycles. The van der Waals surface area contributed by atoms with Crippen LogP contribution < -0.4 is 14.2 Å². The van der Waals surface area contributed by atoms with Gasteiger partial charge < -0.3 is 14.2 Å². The number of carbonyl (C=O) groups is 1. The minimum atomic E-state index is -0.0797. The summed E-state index contributed by atoms with van der Waals surface area (Å²) < 4.78 is 18.8. The van der Waals surface area contributed by atoms with Gasteiger partial charge in [-0.15, -0.1) is 0 Å². The molecule has 0 aromatic heterocycles. The lowest BCUT2D eigenvalue weighted by molar-refractivity contribution is -0.122. The quantitative estimate of drug-likeness (QED) is 0.185. The number of ether oxygens (including phenoxy) is 3. The molecule has 1 aliphatic rings. The van der Waals surface area contributed by atoms with Crippen molar-refractivity contribution in [1.29, 1.82) is 0 Å².